The van der Waals surface area contributed by atoms with Crippen molar-refractivity contribution in [1.82, 2.24) is 0 Å². The second kappa shape index (κ2) is 30.0. The fourth-order valence-corrected chi connectivity index (χ4v) is 3.10. The molecule has 0 spiro atoms. The standard InChI is InChI=1S/C19H30O4.3CO.Fe/c1-2-3-5-12-18(23-15-20)13-8-11-17(21)14-19(22)16-9-6-4-7-10-16;3*1-2;/h8,11,13,16,18-19,22H,2-7,9-10,12,14H2,1H3;;;;/q-1;;;;+2/t18-,19-;;;;/m1..../s1. The van der Waals surface area contributed by atoms with Gasteiger partial charge in [0.05, 0.1) is 12.2 Å². The van der Waals surface area contributed by atoms with Crippen molar-refractivity contribution in [3.8, 4) is 0 Å². The van der Waals surface area contributed by atoms with Gasteiger partial charge in [0, 0.05) is 19.3 Å². The summed E-state index contributed by atoms with van der Waals surface area (Å²) in [5.74, 6) is 0.182. The van der Waals surface area contributed by atoms with Crippen LogP contribution in [0.15, 0.2) is 0 Å². The van der Waals surface area contributed by atoms with E-state index in [2.05, 4.69) is 26.9 Å². The van der Waals surface area contributed by atoms with E-state index in [9.17, 15) is 14.7 Å². The first-order valence-corrected chi connectivity index (χ1v) is 9.53. The molecule has 1 rings (SSSR count). The predicted molar refractivity (Wildman–Crippen MR) is 102 cm³/mol. The van der Waals surface area contributed by atoms with Crippen molar-refractivity contribution in [2.75, 3.05) is 0 Å². The number of carbonyl (C=O) groups excluding carboxylic acids is 2. The number of aliphatic hydroxyl groups excluding tert-OH is 1. The molecular weight excluding hydrogens is 432 g/mol. The van der Waals surface area contributed by atoms with E-state index in [0.29, 0.717) is 0 Å². The average molecular weight is 462 g/mol. The average Bonchev–Trinajstić information content (AvgIpc) is 2.78. The first-order valence-electron chi connectivity index (χ1n) is 9.53. The van der Waals surface area contributed by atoms with E-state index in [1.807, 2.05) is 0 Å². The van der Waals surface area contributed by atoms with E-state index in [4.69, 9.17) is 18.7 Å². The number of ether oxygens (including phenoxy) is 1. The number of Topliss-reactive ketones (excluding diaryl/α,β-unsaturated/α-hetero) is 1. The summed E-state index contributed by atoms with van der Waals surface area (Å²) in [6.45, 7) is 17.1. The van der Waals surface area contributed by atoms with Crippen LogP contribution >= 0.6 is 0 Å². The predicted octanol–water partition coefficient (Wildman–Crippen LogP) is 3.42. The van der Waals surface area contributed by atoms with Crippen LogP contribution in [0.25, 0.3) is 0 Å². The molecule has 0 aromatic carbocycles. The molecule has 1 aliphatic rings. The van der Waals surface area contributed by atoms with Gasteiger partial charge in [-0.05, 0) is 38.0 Å². The van der Waals surface area contributed by atoms with Gasteiger partial charge in [0.2, 0.25) is 0 Å². The van der Waals surface area contributed by atoms with E-state index in [1.54, 1.807) is 12.8 Å². The summed E-state index contributed by atoms with van der Waals surface area (Å²) in [6, 6.07) is 0. The maximum absolute atomic E-state index is 11.9. The minimum Gasteiger partial charge on any atom is 2.00 e. The van der Waals surface area contributed by atoms with Crippen LogP contribution in [-0.4, -0.2) is 29.6 Å². The molecular formula is C22H30FeO7+. The number of unbranched alkanes of at least 4 members (excludes halogenated alkanes) is 2. The van der Waals surface area contributed by atoms with E-state index in [-0.39, 0.29) is 41.3 Å². The van der Waals surface area contributed by atoms with Gasteiger partial charge in [-0.1, -0.05) is 45.5 Å². The Labute approximate surface area is 191 Å². The largest absolute Gasteiger partial charge is 2.00 e. The topological polar surface area (TPSA) is 123 Å². The number of hydrogen-bond donors (Lipinski definition) is 1. The van der Waals surface area contributed by atoms with Crippen LogP contribution in [0.2, 0.25) is 0 Å². The normalized spacial score (nSPS) is 14.3. The molecule has 0 aromatic rings. The minimum atomic E-state index is -0.535. The van der Waals surface area contributed by atoms with Crippen LogP contribution in [-0.2, 0) is 45.4 Å². The zero-order valence-electron chi connectivity index (χ0n) is 17.3. The van der Waals surface area contributed by atoms with Gasteiger partial charge in [-0.25, -0.2) is 0 Å². The van der Waals surface area contributed by atoms with Crippen LogP contribution in [0.3, 0.4) is 0 Å². The first-order chi connectivity index (χ1) is 14.2. The van der Waals surface area contributed by atoms with E-state index < -0.39 is 6.10 Å². The third-order valence-electron chi connectivity index (χ3n) is 4.50. The van der Waals surface area contributed by atoms with Gasteiger partial charge in [-0.15, -0.1) is 0 Å². The monoisotopic (exact) mass is 462 g/mol. The van der Waals surface area contributed by atoms with Gasteiger partial charge in [0.15, 0.2) is 0 Å². The van der Waals surface area contributed by atoms with Crippen LogP contribution < -0.4 is 0 Å². The SMILES string of the molecule is CCCCC[C@H]([CH][CH][CH]C(=O)C[C@@H](O)C1CCCCC1)O[C-]=O.[C-]#[O+].[C-]#[O+].[C-]#[O+].[Fe+2]. The Hall–Kier alpha value is -1.16. The summed E-state index contributed by atoms with van der Waals surface area (Å²) < 4.78 is 27.4. The number of aliphatic hydroxyl groups is 1. The molecule has 0 saturated heterocycles. The van der Waals surface area contributed by atoms with Crippen LogP contribution in [0.1, 0.15) is 71.1 Å². The Morgan fingerprint density at radius 1 is 1.13 bits per heavy atom. The summed E-state index contributed by atoms with van der Waals surface area (Å²) in [5.41, 5.74) is 0. The van der Waals surface area contributed by atoms with Gasteiger partial charge in [0.1, 0.15) is 5.78 Å². The molecule has 1 saturated carbocycles. The summed E-state index contributed by atoms with van der Waals surface area (Å²) in [5, 5.41) is 10.1. The summed E-state index contributed by atoms with van der Waals surface area (Å²) in [6.07, 6.45) is 13.6. The molecule has 0 amide bonds. The van der Waals surface area contributed by atoms with Gasteiger partial charge in [0.25, 0.3) is 0 Å². The Morgan fingerprint density at radius 2 is 1.70 bits per heavy atom. The molecule has 167 valence electrons. The minimum absolute atomic E-state index is 0. The maximum atomic E-state index is 11.9. The number of carbonyl (C=O) groups is 1. The molecule has 3 radical (unpaired) electrons. The van der Waals surface area contributed by atoms with E-state index in [0.717, 1.165) is 51.4 Å². The van der Waals surface area contributed by atoms with Crippen molar-refractivity contribution in [2.45, 2.75) is 83.3 Å². The molecule has 30 heavy (non-hydrogen) atoms. The zero-order valence-corrected chi connectivity index (χ0v) is 18.4. The first kappa shape index (κ1) is 36.2. The van der Waals surface area contributed by atoms with Crippen LogP contribution in [0, 0.1) is 45.1 Å². The molecule has 0 aliphatic heterocycles. The molecule has 0 unspecified atom stereocenters. The maximum Gasteiger partial charge on any atom is 2.00 e. The quantitative estimate of drug-likeness (QED) is 0.195. The fourth-order valence-electron chi connectivity index (χ4n) is 3.10. The second-order valence-electron chi connectivity index (χ2n) is 6.42. The van der Waals surface area contributed by atoms with Gasteiger partial charge in [-0.2, -0.15) is 0 Å². The molecule has 1 N–H and O–H groups in total. The number of ketones is 1. The van der Waals surface area contributed by atoms with Gasteiger partial charge < -0.3 is 14.6 Å². The Morgan fingerprint density at radius 3 is 2.20 bits per heavy atom. The molecule has 1 aliphatic carbocycles. The third kappa shape index (κ3) is 21.5. The summed E-state index contributed by atoms with van der Waals surface area (Å²) >= 11 is 0. The van der Waals surface area contributed by atoms with Gasteiger partial charge in [-0.3, -0.25) is 4.79 Å². The van der Waals surface area contributed by atoms with Crippen molar-refractivity contribution >= 4 is 12.3 Å². The number of hydrogen-bond acceptors (Lipinski definition) is 4. The van der Waals surface area contributed by atoms with E-state index >= 15 is 0 Å². The second-order valence-corrected chi connectivity index (χ2v) is 6.42. The Balaban J connectivity index is -0.000000441. The van der Waals surface area contributed by atoms with Crippen molar-refractivity contribution in [2.24, 2.45) is 5.92 Å². The van der Waals surface area contributed by atoms with Crippen molar-refractivity contribution in [3.63, 3.8) is 0 Å². The van der Waals surface area contributed by atoms with Gasteiger partial charge >= 0.3 is 51.0 Å². The van der Waals surface area contributed by atoms with Crippen LogP contribution in [0.5, 0.6) is 0 Å². The third-order valence-corrected chi connectivity index (χ3v) is 4.50. The molecule has 8 heteroatoms. The Bertz CT molecular complexity index is 428. The van der Waals surface area contributed by atoms with Crippen molar-refractivity contribution in [3.05, 3.63) is 39.2 Å². The fraction of sp³-hybridized carbons (Fsp3) is 0.636. The number of rotatable bonds is 13. The summed E-state index contributed by atoms with van der Waals surface area (Å²) in [4.78, 5) is 22.3. The van der Waals surface area contributed by atoms with E-state index in [1.165, 1.54) is 19.3 Å². The zero-order chi connectivity index (χ0) is 22.9. The van der Waals surface area contributed by atoms with Crippen molar-refractivity contribution < 1.29 is 50.5 Å². The summed E-state index contributed by atoms with van der Waals surface area (Å²) in [7, 11) is 0. The Kier molecular flexibility index (Phi) is 36.3. The molecule has 1 fully saturated rings. The molecule has 2 atom stereocenters. The molecule has 7 nitrogen and oxygen atoms in total. The smallest absolute Gasteiger partial charge is 2.00 e. The molecule has 0 bridgehead atoms. The molecule has 0 aromatic heterocycles. The molecule has 0 heterocycles. The van der Waals surface area contributed by atoms with Crippen molar-refractivity contribution in [1.29, 1.82) is 0 Å². The van der Waals surface area contributed by atoms with Crippen LogP contribution in [0.4, 0.5) is 0 Å².